The first-order valence-corrected chi connectivity index (χ1v) is 19.7. The fourth-order valence-corrected chi connectivity index (χ4v) is 10.6. The lowest BCUT2D eigenvalue weighted by Gasteiger charge is -2.52. The Bertz CT molecular complexity index is 1680. The predicted octanol–water partition coefficient (Wildman–Crippen LogP) is 5.86. The molecule has 4 aliphatic rings. The number of anilines is 1. The molecule has 2 aliphatic heterocycles. The first kappa shape index (κ1) is 35.1. The molecule has 2 N–H and O–H groups in total. The Morgan fingerprint density at radius 3 is 2.62 bits per heavy atom. The minimum atomic E-state index is -2.99. The van der Waals surface area contributed by atoms with Crippen molar-refractivity contribution >= 4 is 44.7 Å². The first-order valence-electron chi connectivity index (χ1n) is 17.6. The summed E-state index contributed by atoms with van der Waals surface area (Å²) in [4.78, 5) is 31.1. The van der Waals surface area contributed by atoms with E-state index in [9.17, 15) is 18.9 Å². The van der Waals surface area contributed by atoms with Crippen LogP contribution in [0.4, 0.5) is 5.69 Å². The molecule has 48 heavy (non-hydrogen) atoms. The SMILES string of the molecule is C=S1(=O)NC(=O)c2ccc3c(c2)N(C[C@@H]2CC[C@H]2[C@@](O)([C@@H](C)C(=O)N(C)C)CCC[C@H](C)[C@H]1C)C[C@@]1(CCCc2cc(Cl)ccc21)CO3. The Balaban J connectivity index is 1.45. The molecule has 6 rings (SSSR count). The number of benzene rings is 2. The Morgan fingerprint density at radius 1 is 1.15 bits per heavy atom. The second-order valence-electron chi connectivity index (χ2n) is 15.4. The quantitative estimate of drug-likeness (QED) is 0.382. The molecule has 2 aromatic carbocycles. The summed E-state index contributed by atoms with van der Waals surface area (Å²) in [5.41, 5.74) is 2.24. The van der Waals surface area contributed by atoms with Crippen LogP contribution in [-0.4, -0.2) is 76.5 Å². The van der Waals surface area contributed by atoms with E-state index in [1.54, 1.807) is 25.1 Å². The summed E-state index contributed by atoms with van der Waals surface area (Å²) in [6.07, 6.45) is 6.55. The van der Waals surface area contributed by atoms with Gasteiger partial charge >= 0.3 is 0 Å². The molecular weight excluding hydrogens is 646 g/mol. The highest BCUT2D eigenvalue weighted by Gasteiger charge is 2.52. The molecule has 8 nitrogen and oxygen atoms in total. The van der Waals surface area contributed by atoms with E-state index in [0.29, 0.717) is 50.3 Å². The van der Waals surface area contributed by atoms with Gasteiger partial charge in [-0.2, -0.15) is 0 Å². The van der Waals surface area contributed by atoms with E-state index >= 15 is 0 Å². The standard InChI is InChI=1S/C38H52ClN3O5S/c1-24-9-7-18-38(45,25(2)36(44)41(4)5)32-14-11-29(32)21-42-22-37(17-8-10-27-19-30(39)13-15-31(27)37)23-47-34-16-12-28(20-33(34)42)35(43)40-48(6,46)26(24)3/h12-13,15-16,19-20,24-26,29,32,45H,6-11,14,17-18,21-23H2,1-5H3,(H,40,43,46)/t24-,25-,26+,29-,32+,37-,38-,48?/m0/s1. The summed E-state index contributed by atoms with van der Waals surface area (Å²) >= 11 is 6.45. The fourth-order valence-electron chi connectivity index (χ4n) is 8.93. The largest absolute Gasteiger partial charge is 0.490 e. The Hall–Kier alpha value is -2.75. The molecule has 2 amide bonds. The van der Waals surface area contributed by atoms with E-state index in [4.69, 9.17) is 16.3 Å². The minimum Gasteiger partial charge on any atom is -0.490 e. The molecule has 0 saturated heterocycles. The summed E-state index contributed by atoms with van der Waals surface area (Å²) in [6.45, 7) is 7.59. The van der Waals surface area contributed by atoms with E-state index in [-0.39, 0.29) is 34.3 Å². The average molecular weight is 698 g/mol. The van der Waals surface area contributed by atoms with Gasteiger partial charge in [-0.1, -0.05) is 37.9 Å². The van der Waals surface area contributed by atoms with Gasteiger partial charge in [0.25, 0.3) is 5.91 Å². The number of fused-ring (bicyclic) bond motifs is 4. The van der Waals surface area contributed by atoms with Crippen molar-refractivity contribution in [3.63, 3.8) is 0 Å². The number of hydrogen-bond acceptors (Lipinski definition) is 6. The van der Waals surface area contributed by atoms with Gasteiger partial charge in [-0.05, 0) is 117 Å². The second kappa shape index (κ2) is 13.2. The van der Waals surface area contributed by atoms with Crippen molar-refractivity contribution in [1.82, 2.24) is 9.62 Å². The number of rotatable bonds is 2. The van der Waals surface area contributed by atoms with Gasteiger partial charge in [-0.15, -0.1) is 0 Å². The number of nitrogens with one attached hydrogen (secondary N) is 1. The van der Waals surface area contributed by atoms with Crippen molar-refractivity contribution < 1.29 is 23.6 Å². The van der Waals surface area contributed by atoms with Crippen LogP contribution in [0.25, 0.3) is 0 Å². The molecule has 2 aromatic rings. The van der Waals surface area contributed by atoms with Gasteiger partial charge in [-0.3, -0.25) is 14.3 Å². The Labute approximate surface area is 291 Å². The van der Waals surface area contributed by atoms with Crippen molar-refractivity contribution in [2.24, 2.45) is 23.7 Å². The molecular formula is C38H52ClN3O5S. The lowest BCUT2D eigenvalue weighted by molar-refractivity contribution is -0.159. The summed E-state index contributed by atoms with van der Waals surface area (Å²) in [7, 11) is 0.505. The summed E-state index contributed by atoms with van der Waals surface area (Å²) < 4.78 is 23.3. The van der Waals surface area contributed by atoms with E-state index in [0.717, 1.165) is 42.8 Å². The third kappa shape index (κ3) is 6.35. The Kier molecular flexibility index (Phi) is 9.63. The molecule has 2 bridgehead atoms. The molecule has 8 atom stereocenters. The number of carbonyl (C=O) groups excluding carboxylic acids is 2. The number of aliphatic hydroxyl groups is 1. The Morgan fingerprint density at radius 2 is 1.92 bits per heavy atom. The number of hydrogen-bond donors (Lipinski definition) is 2. The number of halogens is 1. The van der Waals surface area contributed by atoms with Crippen LogP contribution in [0.15, 0.2) is 36.4 Å². The lowest BCUT2D eigenvalue weighted by Crippen LogP contribution is -2.57. The molecule has 0 aromatic heterocycles. The highest BCUT2D eigenvalue weighted by molar-refractivity contribution is 7.99. The van der Waals surface area contributed by atoms with Crippen molar-refractivity contribution in [3.8, 4) is 5.75 Å². The molecule has 1 unspecified atom stereocenters. The van der Waals surface area contributed by atoms with Gasteiger partial charge in [0.2, 0.25) is 5.91 Å². The van der Waals surface area contributed by atoms with Gasteiger partial charge < -0.3 is 19.6 Å². The smallest absolute Gasteiger partial charge is 0.262 e. The lowest BCUT2D eigenvalue weighted by atomic mass is 9.59. The molecule has 10 heteroatoms. The van der Waals surface area contributed by atoms with Crippen molar-refractivity contribution in [2.45, 2.75) is 88.4 Å². The van der Waals surface area contributed by atoms with Crippen LogP contribution in [-0.2, 0) is 26.3 Å². The monoisotopic (exact) mass is 697 g/mol. The first-order chi connectivity index (χ1) is 22.6. The molecule has 1 saturated carbocycles. The van der Waals surface area contributed by atoms with Gasteiger partial charge in [0.15, 0.2) is 0 Å². The van der Waals surface area contributed by atoms with Gasteiger partial charge in [-0.25, -0.2) is 4.21 Å². The highest BCUT2D eigenvalue weighted by Crippen LogP contribution is 2.51. The maximum absolute atomic E-state index is 13.9. The number of carbonyl (C=O) groups is 2. The zero-order valence-electron chi connectivity index (χ0n) is 29.1. The minimum absolute atomic E-state index is 0.0233. The number of nitrogens with zero attached hydrogens (tertiary/aromatic N) is 2. The summed E-state index contributed by atoms with van der Waals surface area (Å²) in [6, 6.07) is 11.7. The van der Waals surface area contributed by atoms with Crippen LogP contribution >= 0.6 is 11.6 Å². The second-order valence-corrected chi connectivity index (χ2v) is 18.2. The van der Waals surface area contributed by atoms with E-state index in [1.165, 1.54) is 11.1 Å². The average Bonchev–Trinajstić information content (AvgIpc) is 3.17. The molecule has 1 fully saturated rings. The van der Waals surface area contributed by atoms with Crippen LogP contribution in [0, 0.1) is 23.7 Å². The van der Waals surface area contributed by atoms with Crippen LogP contribution in [0.5, 0.6) is 5.75 Å². The summed E-state index contributed by atoms with van der Waals surface area (Å²) in [5, 5.41) is 13.0. The molecule has 0 radical (unpaired) electrons. The van der Waals surface area contributed by atoms with Crippen molar-refractivity contribution in [1.29, 1.82) is 0 Å². The van der Waals surface area contributed by atoms with Crippen LogP contribution in [0.1, 0.15) is 87.2 Å². The van der Waals surface area contributed by atoms with Crippen LogP contribution < -0.4 is 14.4 Å². The number of amides is 2. The van der Waals surface area contributed by atoms with Crippen LogP contribution in [0.2, 0.25) is 5.02 Å². The third-order valence-corrected chi connectivity index (χ3v) is 14.7. The highest BCUT2D eigenvalue weighted by atomic mass is 35.5. The predicted molar refractivity (Wildman–Crippen MR) is 194 cm³/mol. The molecule has 262 valence electrons. The maximum Gasteiger partial charge on any atom is 0.262 e. The topological polar surface area (TPSA) is 99.2 Å². The van der Waals surface area contributed by atoms with Crippen molar-refractivity contribution in [3.05, 3.63) is 58.1 Å². The summed E-state index contributed by atoms with van der Waals surface area (Å²) in [5.74, 6) is 3.69. The molecule has 2 aliphatic carbocycles. The third-order valence-electron chi connectivity index (χ3n) is 12.3. The van der Waals surface area contributed by atoms with E-state index < -0.39 is 27.1 Å². The number of aryl methyl sites for hydroxylation is 1. The van der Waals surface area contributed by atoms with Crippen LogP contribution in [0.3, 0.4) is 0 Å². The fraction of sp³-hybridized carbons (Fsp3) is 0.605. The maximum atomic E-state index is 13.9. The van der Waals surface area contributed by atoms with E-state index in [1.807, 2.05) is 39.0 Å². The number of ether oxygens (including phenoxy) is 1. The van der Waals surface area contributed by atoms with Crippen molar-refractivity contribution in [2.75, 3.05) is 38.7 Å². The van der Waals surface area contributed by atoms with Gasteiger partial charge in [0.05, 0.1) is 33.5 Å². The van der Waals surface area contributed by atoms with E-state index in [2.05, 4.69) is 27.6 Å². The zero-order valence-corrected chi connectivity index (χ0v) is 30.7. The zero-order chi connectivity index (χ0) is 34.6. The normalized spacial score (nSPS) is 34.4. The van der Waals surface area contributed by atoms with Gasteiger partial charge in [0, 0.05) is 48.4 Å². The van der Waals surface area contributed by atoms with Gasteiger partial charge in [0.1, 0.15) is 5.75 Å². The molecule has 1 spiro atoms. The molecule has 2 heterocycles.